The molecule has 0 atom stereocenters. The van der Waals surface area contributed by atoms with Crippen LogP contribution in [0.2, 0.25) is 0 Å². The minimum atomic E-state index is 0.589. The molecular formula is C10H8OS. The molecule has 1 aromatic rings. The second-order valence-corrected chi connectivity index (χ2v) is 3.45. The van der Waals surface area contributed by atoms with Gasteiger partial charge in [-0.15, -0.1) is 0 Å². The lowest BCUT2D eigenvalue weighted by Gasteiger charge is -2.08. The van der Waals surface area contributed by atoms with E-state index in [0.717, 1.165) is 11.3 Å². The van der Waals surface area contributed by atoms with Gasteiger partial charge in [0, 0.05) is 11.3 Å². The summed E-state index contributed by atoms with van der Waals surface area (Å²) in [6.07, 6.45) is 4.69. The minimum absolute atomic E-state index is 0.589. The van der Waals surface area contributed by atoms with Crippen LogP contribution in [0.15, 0.2) is 30.3 Å². The van der Waals surface area contributed by atoms with Crippen LogP contribution in [0.3, 0.4) is 0 Å². The Balaban J connectivity index is 2.52. The first kappa shape index (κ1) is 7.50. The summed E-state index contributed by atoms with van der Waals surface area (Å²) in [6, 6.07) is 8.15. The Labute approximate surface area is 74.8 Å². The maximum Gasteiger partial charge on any atom is 0.0924 e. The fourth-order valence-corrected chi connectivity index (χ4v) is 1.68. The molecule has 0 unspecified atom stereocenters. The molecule has 0 aromatic heterocycles. The summed E-state index contributed by atoms with van der Waals surface area (Å²) in [5.74, 6) is 0. The molecular weight excluding hydrogens is 168 g/mol. The molecule has 1 aliphatic carbocycles. The van der Waals surface area contributed by atoms with E-state index in [9.17, 15) is 4.21 Å². The highest BCUT2D eigenvalue weighted by Crippen LogP contribution is 2.16. The summed E-state index contributed by atoms with van der Waals surface area (Å²) in [7, 11) is 0. The van der Waals surface area contributed by atoms with Crippen LogP contribution in [0.1, 0.15) is 11.1 Å². The zero-order valence-corrected chi connectivity index (χ0v) is 7.30. The standard InChI is InChI=1S/C10H8OS/c11-12-10-6-5-8-3-1-2-4-9(8)7-10/h1-6H,7H2. The van der Waals surface area contributed by atoms with Gasteiger partial charge in [0.2, 0.25) is 0 Å². The molecule has 0 saturated heterocycles. The number of hydrogen-bond donors (Lipinski definition) is 0. The highest BCUT2D eigenvalue weighted by atomic mass is 32.1. The molecule has 0 radical (unpaired) electrons. The first-order valence-electron chi connectivity index (χ1n) is 3.82. The van der Waals surface area contributed by atoms with E-state index >= 15 is 0 Å². The molecule has 60 valence electrons. The normalized spacial score (nSPS) is 14.2. The predicted molar refractivity (Wildman–Crippen MR) is 52.3 cm³/mol. The maximum atomic E-state index is 10.5. The molecule has 0 N–H and O–H groups in total. The van der Waals surface area contributed by atoms with E-state index in [0.29, 0.717) is 11.3 Å². The number of hydrogen-bond acceptors (Lipinski definition) is 1. The average molecular weight is 176 g/mol. The van der Waals surface area contributed by atoms with Crippen molar-refractivity contribution in [2.75, 3.05) is 0 Å². The van der Waals surface area contributed by atoms with Gasteiger partial charge in [-0.1, -0.05) is 30.3 Å². The monoisotopic (exact) mass is 176 g/mol. The average Bonchev–Trinajstić information content (AvgIpc) is 2.17. The van der Waals surface area contributed by atoms with E-state index in [-0.39, 0.29) is 0 Å². The Hall–Kier alpha value is -1.15. The first-order chi connectivity index (χ1) is 5.90. The molecule has 0 spiro atoms. The van der Waals surface area contributed by atoms with Gasteiger partial charge in [0.25, 0.3) is 0 Å². The van der Waals surface area contributed by atoms with Crippen LogP contribution in [0.5, 0.6) is 0 Å². The summed E-state index contributed by atoms with van der Waals surface area (Å²) < 4.78 is 10.5. The van der Waals surface area contributed by atoms with Crippen molar-refractivity contribution in [3.05, 3.63) is 41.5 Å². The predicted octanol–water partition coefficient (Wildman–Crippen LogP) is 1.64. The van der Waals surface area contributed by atoms with Crippen LogP contribution in [0.25, 0.3) is 6.08 Å². The number of fused-ring (bicyclic) bond motifs is 1. The van der Waals surface area contributed by atoms with Crippen molar-refractivity contribution in [2.45, 2.75) is 6.42 Å². The third kappa shape index (κ3) is 1.25. The molecule has 0 fully saturated rings. The highest BCUT2D eigenvalue weighted by Gasteiger charge is 2.06. The summed E-state index contributed by atoms with van der Waals surface area (Å²) in [4.78, 5) is 0.897. The molecule has 1 nitrogen and oxygen atoms in total. The zero-order valence-electron chi connectivity index (χ0n) is 6.49. The first-order valence-corrected chi connectivity index (χ1v) is 4.56. The number of rotatable bonds is 0. The molecule has 0 heterocycles. The minimum Gasteiger partial charge on any atom is -0.212 e. The van der Waals surface area contributed by atoms with Crippen LogP contribution >= 0.6 is 0 Å². The molecule has 0 saturated carbocycles. The Bertz CT molecular complexity index is 387. The van der Waals surface area contributed by atoms with Crippen molar-refractivity contribution < 1.29 is 4.21 Å². The lowest BCUT2D eigenvalue weighted by Crippen LogP contribution is -2.04. The topological polar surface area (TPSA) is 17.1 Å². The van der Waals surface area contributed by atoms with Gasteiger partial charge >= 0.3 is 0 Å². The number of allylic oxidation sites excluding steroid dienone is 1. The number of benzene rings is 1. The summed E-state index contributed by atoms with van der Waals surface area (Å²) >= 11 is 0.589. The summed E-state index contributed by atoms with van der Waals surface area (Å²) in [6.45, 7) is 0. The molecule has 12 heavy (non-hydrogen) atoms. The van der Waals surface area contributed by atoms with Crippen LogP contribution in [-0.4, -0.2) is 9.07 Å². The Kier molecular flexibility index (Phi) is 1.92. The smallest absolute Gasteiger partial charge is 0.0924 e. The Morgan fingerprint density at radius 2 is 2.00 bits per heavy atom. The van der Waals surface area contributed by atoms with Gasteiger partial charge < -0.3 is 0 Å². The molecule has 0 amide bonds. The molecule has 1 aliphatic rings. The molecule has 0 aliphatic heterocycles. The van der Waals surface area contributed by atoms with E-state index in [1.165, 1.54) is 11.1 Å². The van der Waals surface area contributed by atoms with Gasteiger partial charge in [-0.2, -0.15) is 0 Å². The van der Waals surface area contributed by atoms with Crippen molar-refractivity contribution in [1.29, 1.82) is 0 Å². The van der Waals surface area contributed by atoms with E-state index in [2.05, 4.69) is 12.1 Å². The van der Waals surface area contributed by atoms with Crippen LogP contribution in [-0.2, 0) is 17.7 Å². The lowest BCUT2D eigenvalue weighted by atomic mass is 9.98. The third-order valence-corrected chi connectivity index (χ3v) is 2.47. The van der Waals surface area contributed by atoms with Crippen molar-refractivity contribution in [3.8, 4) is 0 Å². The zero-order chi connectivity index (χ0) is 8.39. The van der Waals surface area contributed by atoms with Crippen LogP contribution in [0.4, 0.5) is 0 Å². The Morgan fingerprint density at radius 1 is 1.17 bits per heavy atom. The van der Waals surface area contributed by atoms with Gasteiger partial charge in [-0.05, 0) is 17.2 Å². The SMILES string of the molecule is O=S=C1C=Cc2ccccc2C1. The molecule has 2 rings (SSSR count). The van der Waals surface area contributed by atoms with Crippen molar-refractivity contribution in [1.82, 2.24) is 0 Å². The van der Waals surface area contributed by atoms with Crippen LogP contribution < -0.4 is 0 Å². The van der Waals surface area contributed by atoms with Crippen molar-refractivity contribution >= 4 is 22.2 Å². The molecule has 0 bridgehead atoms. The quantitative estimate of drug-likeness (QED) is 0.549. The van der Waals surface area contributed by atoms with Crippen molar-refractivity contribution in [3.63, 3.8) is 0 Å². The van der Waals surface area contributed by atoms with E-state index < -0.39 is 0 Å². The third-order valence-electron chi connectivity index (χ3n) is 1.98. The summed E-state index contributed by atoms with van der Waals surface area (Å²) in [5.41, 5.74) is 2.48. The van der Waals surface area contributed by atoms with Gasteiger partial charge in [0.05, 0.1) is 11.3 Å². The van der Waals surface area contributed by atoms with E-state index in [1.807, 2.05) is 24.3 Å². The Morgan fingerprint density at radius 3 is 2.83 bits per heavy atom. The highest BCUT2D eigenvalue weighted by molar-refractivity contribution is 7.67. The van der Waals surface area contributed by atoms with Crippen LogP contribution in [0, 0.1) is 0 Å². The van der Waals surface area contributed by atoms with Gasteiger partial charge in [-0.25, -0.2) is 4.21 Å². The second kappa shape index (κ2) is 3.07. The molecule has 1 aromatic carbocycles. The maximum absolute atomic E-state index is 10.5. The fourth-order valence-electron chi connectivity index (χ4n) is 1.34. The van der Waals surface area contributed by atoms with Gasteiger partial charge in [-0.3, -0.25) is 0 Å². The lowest BCUT2D eigenvalue weighted by molar-refractivity contribution is 0.701. The summed E-state index contributed by atoms with van der Waals surface area (Å²) in [5, 5.41) is 0. The van der Waals surface area contributed by atoms with E-state index in [1.54, 1.807) is 0 Å². The van der Waals surface area contributed by atoms with Gasteiger partial charge in [0.1, 0.15) is 0 Å². The van der Waals surface area contributed by atoms with Crippen molar-refractivity contribution in [2.24, 2.45) is 0 Å². The largest absolute Gasteiger partial charge is 0.212 e. The second-order valence-electron chi connectivity index (χ2n) is 2.76. The van der Waals surface area contributed by atoms with Gasteiger partial charge in [0.15, 0.2) is 0 Å². The fraction of sp³-hybridized carbons (Fsp3) is 0.100. The van der Waals surface area contributed by atoms with E-state index in [4.69, 9.17) is 0 Å². The molecule has 2 heteroatoms.